The normalized spacial score (nSPS) is 24.7. The van der Waals surface area contributed by atoms with E-state index in [0.717, 1.165) is 34.3 Å². The highest BCUT2D eigenvalue weighted by Gasteiger charge is 2.55. The molecule has 3 atom stereocenters. The Labute approximate surface area is 189 Å². The van der Waals surface area contributed by atoms with Crippen LogP contribution in [-0.2, 0) is 16.1 Å². The SMILES string of the molecule is C[C@@]12C[C@@H](c3ccccc3O1)[C@H](C(N)=O)C(=O)N2CCCn1ccc2ccc(Br)cc21. The number of rotatable bonds is 5. The number of nitrogens with two attached hydrogens (primary N) is 1. The summed E-state index contributed by atoms with van der Waals surface area (Å²) in [4.78, 5) is 27.4. The van der Waals surface area contributed by atoms with Crippen LogP contribution in [0.3, 0.4) is 0 Å². The van der Waals surface area contributed by atoms with E-state index in [2.05, 4.69) is 44.9 Å². The van der Waals surface area contributed by atoms with Crippen LogP contribution in [0.4, 0.5) is 0 Å². The van der Waals surface area contributed by atoms with Crippen LogP contribution in [0.2, 0.25) is 0 Å². The molecule has 6 nitrogen and oxygen atoms in total. The van der Waals surface area contributed by atoms with Crippen LogP contribution >= 0.6 is 15.9 Å². The van der Waals surface area contributed by atoms with E-state index in [1.807, 2.05) is 37.3 Å². The van der Waals surface area contributed by atoms with E-state index >= 15 is 0 Å². The standard InChI is InChI=1S/C24H24BrN3O3/c1-24-14-18(17-5-2-3-6-20(17)31-24)21(22(26)29)23(30)28(24)11-4-10-27-12-9-15-7-8-16(25)13-19(15)27/h2-3,5-9,12-13,18,21H,4,10-11,14H2,1H3,(H2,26,29)/t18-,21+,24-/m0/s1. The third-order valence-corrected chi connectivity index (χ3v) is 7.07. The molecular formula is C24H24BrN3O3. The Bertz CT molecular complexity index is 1190. The molecule has 3 heterocycles. The molecule has 7 heteroatoms. The second-order valence-corrected chi connectivity index (χ2v) is 9.48. The number of halogens is 1. The second kappa shape index (κ2) is 7.41. The van der Waals surface area contributed by atoms with Gasteiger partial charge in [-0.1, -0.05) is 40.2 Å². The average Bonchev–Trinajstić information content (AvgIpc) is 3.12. The number of hydrogen-bond donors (Lipinski definition) is 1. The highest BCUT2D eigenvalue weighted by molar-refractivity contribution is 9.10. The van der Waals surface area contributed by atoms with Crippen molar-refractivity contribution in [3.8, 4) is 5.75 Å². The van der Waals surface area contributed by atoms with Gasteiger partial charge in [-0.25, -0.2) is 0 Å². The van der Waals surface area contributed by atoms with Crippen LogP contribution in [0, 0.1) is 5.92 Å². The summed E-state index contributed by atoms with van der Waals surface area (Å²) in [5.41, 5.74) is 6.95. The molecule has 0 unspecified atom stereocenters. The van der Waals surface area contributed by atoms with Crippen molar-refractivity contribution in [3.05, 3.63) is 64.8 Å². The largest absolute Gasteiger partial charge is 0.468 e. The number of carbonyl (C=O) groups is 2. The first kappa shape index (κ1) is 20.1. The summed E-state index contributed by atoms with van der Waals surface area (Å²) in [5.74, 6) is -1.18. The molecule has 0 spiro atoms. The fourth-order valence-corrected chi connectivity index (χ4v) is 5.48. The predicted octanol–water partition coefficient (Wildman–Crippen LogP) is 4.02. The summed E-state index contributed by atoms with van der Waals surface area (Å²) < 4.78 is 9.53. The summed E-state index contributed by atoms with van der Waals surface area (Å²) in [6.45, 7) is 3.18. The zero-order valence-corrected chi connectivity index (χ0v) is 18.8. The van der Waals surface area contributed by atoms with E-state index in [1.54, 1.807) is 4.90 Å². The monoisotopic (exact) mass is 481 g/mol. The maximum absolute atomic E-state index is 13.4. The minimum absolute atomic E-state index is 0.235. The number of ether oxygens (including phenoxy) is 1. The Morgan fingerprint density at radius 3 is 2.84 bits per heavy atom. The van der Waals surface area contributed by atoms with Crippen LogP contribution in [0.5, 0.6) is 5.75 Å². The molecule has 3 aromatic rings. The Balaban J connectivity index is 1.40. The highest BCUT2D eigenvalue weighted by Crippen LogP contribution is 2.50. The molecule has 2 aliphatic heterocycles. The van der Waals surface area contributed by atoms with Crippen LogP contribution in [0.25, 0.3) is 10.9 Å². The smallest absolute Gasteiger partial charge is 0.238 e. The molecule has 0 aliphatic carbocycles. The van der Waals surface area contributed by atoms with Gasteiger partial charge in [0.05, 0.1) is 0 Å². The minimum Gasteiger partial charge on any atom is -0.468 e. The van der Waals surface area contributed by atoms with Crippen molar-refractivity contribution in [1.82, 2.24) is 9.47 Å². The Morgan fingerprint density at radius 1 is 1.23 bits per heavy atom. The van der Waals surface area contributed by atoms with Gasteiger partial charge in [0.15, 0.2) is 5.72 Å². The molecule has 160 valence electrons. The minimum atomic E-state index is -0.860. The van der Waals surface area contributed by atoms with E-state index in [1.165, 1.54) is 5.39 Å². The molecule has 5 rings (SSSR count). The Morgan fingerprint density at radius 2 is 2.03 bits per heavy atom. The van der Waals surface area contributed by atoms with Gasteiger partial charge in [0.2, 0.25) is 11.8 Å². The van der Waals surface area contributed by atoms with Crippen molar-refractivity contribution in [1.29, 1.82) is 0 Å². The van der Waals surface area contributed by atoms with Gasteiger partial charge in [-0.3, -0.25) is 9.59 Å². The van der Waals surface area contributed by atoms with Crippen molar-refractivity contribution < 1.29 is 14.3 Å². The van der Waals surface area contributed by atoms with Crippen molar-refractivity contribution in [2.24, 2.45) is 11.7 Å². The number of nitrogens with zero attached hydrogens (tertiary/aromatic N) is 2. The number of hydrogen-bond acceptors (Lipinski definition) is 3. The zero-order valence-electron chi connectivity index (χ0n) is 17.3. The lowest BCUT2D eigenvalue weighted by Gasteiger charge is -2.52. The number of primary amides is 1. The fraction of sp³-hybridized carbons (Fsp3) is 0.333. The van der Waals surface area contributed by atoms with Crippen LogP contribution in [0.1, 0.15) is 31.2 Å². The summed E-state index contributed by atoms with van der Waals surface area (Å²) in [5, 5.41) is 1.17. The quantitative estimate of drug-likeness (QED) is 0.559. The van der Waals surface area contributed by atoms with Gasteiger partial charge >= 0.3 is 0 Å². The van der Waals surface area contributed by atoms with Gasteiger partial charge in [0.25, 0.3) is 0 Å². The number of aryl methyl sites for hydroxylation is 1. The van der Waals surface area contributed by atoms with E-state index < -0.39 is 17.6 Å². The Hall–Kier alpha value is -2.80. The molecule has 2 aliphatic rings. The van der Waals surface area contributed by atoms with Gasteiger partial charge < -0.3 is 19.9 Å². The van der Waals surface area contributed by atoms with Gasteiger partial charge in [-0.15, -0.1) is 0 Å². The molecule has 2 bridgehead atoms. The number of amides is 2. The summed E-state index contributed by atoms with van der Waals surface area (Å²) >= 11 is 3.53. The lowest BCUT2D eigenvalue weighted by molar-refractivity contribution is -0.175. The lowest BCUT2D eigenvalue weighted by atomic mass is 9.73. The average molecular weight is 482 g/mol. The number of para-hydroxylation sites is 1. The molecule has 2 aromatic carbocycles. The topological polar surface area (TPSA) is 77.6 Å². The lowest BCUT2D eigenvalue weighted by Crippen LogP contribution is -2.64. The molecule has 2 N–H and O–H groups in total. The first-order valence-electron chi connectivity index (χ1n) is 10.5. The highest BCUT2D eigenvalue weighted by atomic mass is 79.9. The van der Waals surface area contributed by atoms with E-state index in [0.29, 0.717) is 13.0 Å². The van der Waals surface area contributed by atoms with Crippen molar-refractivity contribution in [2.75, 3.05) is 6.54 Å². The number of benzene rings is 2. The summed E-state index contributed by atoms with van der Waals surface area (Å²) in [6, 6.07) is 15.9. The van der Waals surface area contributed by atoms with Crippen molar-refractivity contribution in [2.45, 2.75) is 38.0 Å². The molecular weight excluding hydrogens is 458 g/mol. The first-order chi connectivity index (χ1) is 14.9. The maximum atomic E-state index is 13.4. The van der Waals surface area contributed by atoms with Gasteiger partial charge in [-0.2, -0.15) is 0 Å². The van der Waals surface area contributed by atoms with Crippen LogP contribution in [-0.4, -0.2) is 33.6 Å². The van der Waals surface area contributed by atoms with Crippen LogP contribution < -0.4 is 10.5 Å². The third kappa shape index (κ3) is 3.31. The number of fused-ring (bicyclic) bond motifs is 5. The number of likely N-dealkylation sites (tertiary alicyclic amines) is 1. The predicted molar refractivity (Wildman–Crippen MR) is 121 cm³/mol. The van der Waals surface area contributed by atoms with Crippen molar-refractivity contribution in [3.63, 3.8) is 0 Å². The van der Waals surface area contributed by atoms with E-state index in [-0.39, 0.29) is 11.8 Å². The maximum Gasteiger partial charge on any atom is 0.238 e. The van der Waals surface area contributed by atoms with Gasteiger partial charge in [0.1, 0.15) is 11.7 Å². The van der Waals surface area contributed by atoms with Crippen LogP contribution in [0.15, 0.2) is 59.2 Å². The number of aromatic nitrogens is 1. The molecule has 0 radical (unpaired) electrons. The Kier molecular flexibility index (Phi) is 4.81. The second-order valence-electron chi connectivity index (χ2n) is 8.56. The van der Waals surface area contributed by atoms with E-state index in [4.69, 9.17) is 10.5 Å². The number of piperidine rings is 1. The molecule has 1 aromatic heterocycles. The van der Waals surface area contributed by atoms with Gasteiger partial charge in [0, 0.05) is 41.6 Å². The third-order valence-electron chi connectivity index (χ3n) is 6.58. The first-order valence-corrected chi connectivity index (χ1v) is 11.3. The van der Waals surface area contributed by atoms with Gasteiger partial charge in [-0.05, 0) is 48.6 Å². The molecule has 2 amide bonds. The summed E-state index contributed by atoms with van der Waals surface area (Å²) in [6.07, 6.45) is 3.36. The molecule has 1 saturated heterocycles. The molecule has 1 fully saturated rings. The van der Waals surface area contributed by atoms with Crippen molar-refractivity contribution >= 4 is 38.6 Å². The van der Waals surface area contributed by atoms with E-state index in [9.17, 15) is 9.59 Å². The zero-order chi connectivity index (χ0) is 21.8. The summed E-state index contributed by atoms with van der Waals surface area (Å²) in [7, 11) is 0. The molecule has 0 saturated carbocycles. The molecule has 31 heavy (non-hydrogen) atoms. The fourth-order valence-electron chi connectivity index (χ4n) is 5.13. The number of carbonyl (C=O) groups excluding carboxylic acids is 2.